The predicted octanol–water partition coefficient (Wildman–Crippen LogP) is 3.84. The second kappa shape index (κ2) is 8.70. The topological polar surface area (TPSA) is 81.7 Å². The van der Waals surface area contributed by atoms with Crippen molar-refractivity contribution in [3.63, 3.8) is 0 Å². The van der Waals surface area contributed by atoms with Gasteiger partial charge in [-0.05, 0) is 23.8 Å². The fourth-order valence-electron chi connectivity index (χ4n) is 3.92. The normalized spacial score (nSPS) is 17.7. The number of halogens is 4. The van der Waals surface area contributed by atoms with Crippen LogP contribution in [0.4, 0.5) is 17.6 Å². The Balaban J connectivity index is 2.17. The first-order valence-electron chi connectivity index (χ1n) is 9.64. The third-order valence-electron chi connectivity index (χ3n) is 5.51. The highest BCUT2D eigenvalue weighted by atomic mass is 32.2. The summed E-state index contributed by atoms with van der Waals surface area (Å²) >= 11 is 0. The number of alkyl halides is 3. The number of hydrogen-bond donors (Lipinski definition) is 1. The van der Waals surface area contributed by atoms with Crippen LogP contribution in [0.2, 0.25) is 0 Å². The molecule has 0 aromatic heterocycles. The standard InChI is InChI=1S/C21H21F4NO5S/c1-13(18-5-3-4-6-19(18)31-32(28,29)21(23,24)25)20(30-14(2)27,16-11-26-12-16)15-7-9-17(22)10-8-15/h3-10,13,16,26H,11-12H2,1-2H3. The molecule has 1 aliphatic heterocycles. The van der Waals surface area contributed by atoms with Crippen molar-refractivity contribution in [3.8, 4) is 5.75 Å². The van der Waals surface area contributed by atoms with Crippen LogP contribution in [0.5, 0.6) is 5.75 Å². The predicted molar refractivity (Wildman–Crippen MR) is 107 cm³/mol. The average molecular weight is 475 g/mol. The first-order valence-corrected chi connectivity index (χ1v) is 11.1. The molecule has 1 saturated heterocycles. The van der Waals surface area contributed by atoms with E-state index in [1.54, 1.807) is 6.92 Å². The zero-order chi connectivity index (χ0) is 23.7. The van der Waals surface area contributed by atoms with Gasteiger partial charge >= 0.3 is 21.6 Å². The highest BCUT2D eigenvalue weighted by molar-refractivity contribution is 7.88. The highest BCUT2D eigenvalue weighted by Crippen LogP contribution is 2.49. The minimum atomic E-state index is -5.93. The fourth-order valence-corrected chi connectivity index (χ4v) is 4.40. The maximum absolute atomic E-state index is 13.6. The molecule has 32 heavy (non-hydrogen) atoms. The molecule has 1 N–H and O–H groups in total. The summed E-state index contributed by atoms with van der Waals surface area (Å²) < 4.78 is 85.9. The summed E-state index contributed by atoms with van der Waals surface area (Å²) in [7, 11) is -5.93. The Labute approximate surface area is 182 Å². The summed E-state index contributed by atoms with van der Waals surface area (Å²) in [4.78, 5) is 12.1. The molecule has 2 unspecified atom stereocenters. The van der Waals surface area contributed by atoms with Gasteiger partial charge in [-0.15, -0.1) is 0 Å². The van der Waals surface area contributed by atoms with Crippen molar-refractivity contribution < 1.29 is 39.7 Å². The molecule has 0 amide bonds. The Hall–Kier alpha value is -2.66. The summed E-state index contributed by atoms with van der Waals surface area (Å²) in [6.45, 7) is 3.61. The van der Waals surface area contributed by atoms with E-state index < -0.39 is 44.7 Å². The van der Waals surface area contributed by atoms with E-state index in [1.165, 1.54) is 49.4 Å². The van der Waals surface area contributed by atoms with Gasteiger partial charge in [0.2, 0.25) is 0 Å². The molecule has 174 valence electrons. The number of esters is 1. The summed E-state index contributed by atoms with van der Waals surface area (Å²) in [5, 5.41) is 3.06. The molecule has 1 fully saturated rings. The number of ether oxygens (including phenoxy) is 1. The molecule has 0 bridgehead atoms. The van der Waals surface area contributed by atoms with E-state index in [0.717, 1.165) is 6.07 Å². The number of benzene rings is 2. The Morgan fingerprint density at radius 3 is 2.19 bits per heavy atom. The van der Waals surface area contributed by atoms with Crippen molar-refractivity contribution in [3.05, 3.63) is 65.5 Å². The van der Waals surface area contributed by atoms with Crippen LogP contribution in [0, 0.1) is 11.7 Å². The van der Waals surface area contributed by atoms with Crippen LogP contribution in [-0.4, -0.2) is 33.0 Å². The molecule has 2 aromatic carbocycles. The molecule has 0 aliphatic carbocycles. The van der Waals surface area contributed by atoms with Crippen LogP contribution in [0.25, 0.3) is 0 Å². The van der Waals surface area contributed by atoms with Crippen molar-refractivity contribution >= 4 is 16.1 Å². The lowest BCUT2D eigenvalue weighted by molar-refractivity contribution is -0.172. The molecular weight excluding hydrogens is 454 g/mol. The molecule has 2 aromatic rings. The summed E-state index contributed by atoms with van der Waals surface area (Å²) in [5.41, 5.74) is -6.54. The van der Waals surface area contributed by atoms with Crippen LogP contribution in [0.15, 0.2) is 48.5 Å². The van der Waals surface area contributed by atoms with Gasteiger partial charge in [0.25, 0.3) is 0 Å². The molecule has 0 radical (unpaired) electrons. The molecule has 1 aliphatic rings. The van der Waals surface area contributed by atoms with E-state index in [1.807, 2.05) is 0 Å². The van der Waals surface area contributed by atoms with Gasteiger partial charge in [0.15, 0.2) is 0 Å². The highest BCUT2D eigenvalue weighted by Gasteiger charge is 2.53. The van der Waals surface area contributed by atoms with Crippen LogP contribution in [-0.2, 0) is 25.3 Å². The Bertz CT molecular complexity index is 1080. The van der Waals surface area contributed by atoms with Crippen molar-refractivity contribution in [2.45, 2.75) is 30.9 Å². The number of carbonyl (C=O) groups excluding carboxylic acids is 1. The van der Waals surface area contributed by atoms with Crippen LogP contribution >= 0.6 is 0 Å². The summed E-state index contributed by atoms with van der Waals surface area (Å²) in [6, 6.07) is 10.6. The third-order valence-corrected chi connectivity index (χ3v) is 6.47. The quantitative estimate of drug-likeness (QED) is 0.284. The summed E-state index contributed by atoms with van der Waals surface area (Å²) in [5.74, 6) is -2.90. The van der Waals surface area contributed by atoms with Crippen molar-refractivity contribution in [1.29, 1.82) is 0 Å². The fraction of sp³-hybridized carbons (Fsp3) is 0.381. The zero-order valence-electron chi connectivity index (χ0n) is 17.1. The molecular formula is C21H21F4NO5S. The number of hydrogen-bond acceptors (Lipinski definition) is 6. The number of para-hydroxylation sites is 1. The van der Waals surface area contributed by atoms with Gasteiger partial charge in [0, 0.05) is 37.4 Å². The first-order chi connectivity index (χ1) is 14.9. The molecule has 6 nitrogen and oxygen atoms in total. The van der Waals surface area contributed by atoms with Crippen molar-refractivity contribution in [2.24, 2.45) is 5.92 Å². The lowest BCUT2D eigenvalue weighted by Gasteiger charge is -2.49. The molecule has 0 saturated carbocycles. The lowest BCUT2D eigenvalue weighted by Crippen LogP contribution is -2.58. The van der Waals surface area contributed by atoms with Gasteiger partial charge in [0.05, 0.1) is 0 Å². The minimum absolute atomic E-state index is 0.0813. The Kier molecular flexibility index (Phi) is 6.52. The maximum atomic E-state index is 13.6. The number of carbonyl (C=O) groups is 1. The Morgan fingerprint density at radius 2 is 1.69 bits per heavy atom. The van der Waals surface area contributed by atoms with E-state index >= 15 is 0 Å². The van der Waals surface area contributed by atoms with E-state index in [0.29, 0.717) is 18.7 Å². The largest absolute Gasteiger partial charge is 0.534 e. The lowest BCUT2D eigenvalue weighted by atomic mass is 9.68. The Morgan fingerprint density at radius 1 is 1.09 bits per heavy atom. The van der Waals surface area contributed by atoms with E-state index in [-0.39, 0.29) is 11.5 Å². The molecule has 11 heteroatoms. The SMILES string of the molecule is CC(=O)OC(c1ccc(F)cc1)(C1CNC1)C(C)c1ccccc1OS(=O)(=O)C(F)(F)F. The van der Waals surface area contributed by atoms with E-state index in [4.69, 9.17) is 4.74 Å². The van der Waals surface area contributed by atoms with E-state index in [2.05, 4.69) is 9.50 Å². The number of nitrogens with one attached hydrogen (secondary N) is 1. The summed E-state index contributed by atoms with van der Waals surface area (Å²) in [6.07, 6.45) is 0. The maximum Gasteiger partial charge on any atom is 0.534 e. The molecule has 0 spiro atoms. The van der Waals surface area contributed by atoms with Crippen LogP contribution < -0.4 is 9.50 Å². The smallest absolute Gasteiger partial charge is 0.453 e. The molecule has 2 atom stereocenters. The molecule has 3 rings (SSSR count). The minimum Gasteiger partial charge on any atom is -0.453 e. The van der Waals surface area contributed by atoms with Crippen LogP contribution in [0.3, 0.4) is 0 Å². The van der Waals surface area contributed by atoms with Crippen molar-refractivity contribution in [1.82, 2.24) is 5.32 Å². The monoisotopic (exact) mass is 475 g/mol. The zero-order valence-corrected chi connectivity index (χ0v) is 18.0. The molecule has 1 heterocycles. The van der Waals surface area contributed by atoms with Gasteiger partial charge in [-0.2, -0.15) is 21.6 Å². The average Bonchev–Trinajstić information content (AvgIpc) is 2.65. The second-order valence-corrected chi connectivity index (χ2v) is 9.03. The van der Waals surface area contributed by atoms with Gasteiger partial charge in [-0.1, -0.05) is 37.3 Å². The van der Waals surface area contributed by atoms with E-state index in [9.17, 15) is 30.8 Å². The van der Waals surface area contributed by atoms with Gasteiger partial charge in [-0.25, -0.2) is 4.39 Å². The number of rotatable bonds is 7. The first kappa shape index (κ1) is 24.0. The van der Waals surface area contributed by atoms with Gasteiger partial charge < -0.3 is 14.2 Å². The van der Waals surface area contributed by atoms with Gasteiger partial charge in [-0.3, -0.25) is 4.79 Å². The van der Waals surface area contributed by atoms with Gasteiger partial charge in [0.1, 0.15) is 17.2 Å². The third kappa shape index (κ3) is 4.44. The van der Waals surface area contributed by atoms with Crippen molar-refractivity contribution in [2.75, 3.05) is 13.1 Å². The second-order valence-electron chi connectivity index (χ2n) is 7.49. The van der Waals surface area contributed by atoms with Crippen LogP contribution in [0.1, 0.15) is 30.9 Å².